The van der Waals surface area contributed by atoms with Crippen molar-refractivity contribution < 1.29 is 5.32 Å². The predicted octanol–water partition coefficient (Wildman–Crippen LogP) is 0.552. The number of nitrogens with zero attached hydrogens (tertiary/aromatic N) is 4. The molecule has 0 fully saturated rings. The normalized spacial score (nSPS) is 11.2. The summed E-state index contributed by atoms with van der Waals surface area (Å²) >= 11 is 0. The van der Waals surface area contributed by atoms with Gasteiger partial charge in [-0.2, -0.15) is 0 Å². The summed E-state index contributed by atoms with van der Waals surface area (Å²) in [6.45, 7) is 5.38. The lowest BCUT2D eigenvalue weighted by molar-refractivity contribution is -0.656. The lowest BCUT2D eigenvalue weighted by Gasteiger charge is -2.03. The van der Waals surface area contributed by atoms with Crippen molar-refractivity contribution in [3.05, 3.63) is 12.7 Å². The van der Waals surface area contributed by atoms with Crippen LogP contribution in [0.4, 0.5) is 5.82 Å². The summed E-state index contributed by atoms with van der Waals surface area (Å²) < 4.78 is 2.04. The van der Waals surface area contributed by atoms with Gasteiger partial charge in [-0.15, -0.1) is 0 Å². The summed E-state index contributed by atoms with van der Waals surface area (Å²) in [5.41, 5.74) is 7.28. The molecule has 0 spiro atoms. The van der Waals surface area contributed by atoms with Crippen LogP contribution in [0.25, 0.3) is 11.2 Å². The van der Waals surface area contributed by atoms with Crippen LogP contribution in [-0.2, 0) is 6.54 Å². The number of anilines is 1. The van der Waals surface area contributed by atoms with Gasteiger partial charge in [0.1, 0.15) is 11.8 Å². The minimum absolute atomic E-state index is 0.451. The van der Waals surface area contributed by atoms with Gasteiger partial charge in [0.15, 0.2) is 11.5 Å². The van der Waals surface area contributed by atoms with Gasteiger partial charge < -0.3 is 15.6 Å². The van der Waals surface area contributed by atoms with Crippen LogP contribution < -0.4 is 11.1 Å². The Hall–Kier alpha value is -1.69. The van der Waals surface area contributed by atoms with Crippen molar-refractivity contribution in [3.63, 3.8) is 0 Å². The van der Waals surface area contributed by atoms with Crippen LogP contribution in [-0.4, -0.2) is 32.6 Å². The zero-order chi connectivity index (χ0) is 13.5. The summed E-state index contributed by atoms with van der Waals surface area (Å²) in [5.74, 6) is 0.451. The molecular weight excluding hydrogens is 240 g/mol. The molecule has 0 unspecified atom stereocenters. The Morgan fingerprint density at radius 2 is 2.05 bits per heavy atom. The highest BCUT2D eigenvalue weighted by molar-refractivity contribution is 5.80. The second kappa shape index (κ2) is 7.04. The van der Waals surface area contributed by atoms with E-state index in [1.54, 1.807) is 6.33 Å². The molecule has 0 saturated heterocycles. The monoisotopic (exact) mass is 263 g/mol. The van der Waals surface area contributed by atoms with Gasteiger partial charge in [-0.25, -0.2) is 15.0 Å². The first kappa shape index (κ1) is 13.7. The average Bonchev–Trinajstić information content (AvgIpc) is 2.83. The van der Waals surface area contributed by atoms with Crippen molar-refractivity contribution in [2.24, 2.45) is 0 Å². The summed E-state index contributed by atoms with van der Waals surface area (Å²) in [6, 6.07) is 0. The average molecular weight is 263 g/mol. The molecule has 2 aromatic rings. The molecule has 0 atom stereocenters. The molecule has 19 heavy (non-hydrogen) atoms. The van der Waals surface area contributed by atoms with Crippen molar-refractivity contribution in [1.29, 1.82) is 0 Å². The molecular formula is C13H23N6+. The third-order valence-corrected chi connectivity index (χ3v) is 3.27. The molecule has 0 aliphatic heterocycles. The van der Waals surface area contributed by atoms with Crippen LogP contribution in [0.3, 0.4) is 0 Å². The number of hydrogen-bond donors (Lipinski definition) is 2. The molecule has 6 heteroatoms. The summed E-state index contributed by atoms with van der Waals surface area (Å²) in [6.07, 6.45) is 8.56. The molecule has 2 aromatic heterocycles. The zero-order valence-corrected chi connectivity index (χ0v) is 11.5. The topological polar surface area (TPSA) is 86.2 Å². The lowest BCUT2D eigenvalue weighted by atomic mass is 10.2. The van der Waals surface area contributed by atoms with Crippen LogP contribution in [0, 0.1) is 0 Å². The summed E-state index contributed by atoms with van der Waals surface area (Å²) in [7, 11) is 0. The molecule has 2 rings (SSSR count). The largest absolute Gasteiger partial charge is 0.382 e. The van der Waals surface area contributed by atoms with Crippen LogP contribution in [0.1, 0.15) is 32.6 Å². The maximum absolute atomic E-state index is 5.76. The van der Waals surface area contributed by atoms with Crippen molar-refractivity contribution in [2.45, 2.75) is 39.2 Å². The van der Waals surface area contributed by atoms with Crippen LogP contribution >= 0.6 is 0 Å². The fourth-order valence-corrected chi connectivity index (χ4v) is 2.15. The van der Waals surface area contributed by atoms with Crippen molar-refractivity contribution in [2.75, 3.05) is 18.8 Å². The minimum atomic E-state index is 0.451. The van der Waals surface area contributed by atoms with Gasteiger partial charge >= 0.3 is 0 Å². The van der Waals surface area contributed by atoms with Gasteiger partial charge in [-0.05, 0) is 12.8 Å². The molecule has 0 bridgehead atoms. The van der Waals surface area contributed by atoms with E-state index in [0.29, 0.717) is 11.3 Å². The number of fused-ring (bicyclic) bond motifs is 1. The molecule has 0 amide bonds. The number of aromatic nitrogens is 4. The maximum Gasteiger partial charge on any atom is 0.165 e. The van der Waals surface area contributed by atoms with E-state index in [2.05, 4.69) is 27.2 Å². The standard InChI is InChI=1S/C13H22N6/c1-2-3-4-5-6-15-7-8-19-10-18-11-12(14)16-9-17-13(11)19/h9-10,15H,2-8H2,1H3,(H2,14,16,17)/p+1. The number of unbranched alkanes of at least 4 members (excludes halogenated alkanes) is 3. The van der Waals surface area contributed by atoms with Crippen molar-refractivity contribution in [3.8, 4) is 0 Å². The Morgan fingerprint density at radius 3 is 2.89 bits per heavy atom. The fourth-order valence-electron chi connectivity index (χ4n) is 2.15. The number of hydrogen-bond acceptors (Lipinski definition) is 4. The molecule has 0 saturated carbocycles. The van der Waals surface area contributed by atoms with Gasteiger partial charge in [0.25, 0.3) is 0 Å². The first-order valence-electron chi connectivity index (χ1n) is 7.06. The highest BCUT2D eigenvalue weighted by Gasteiger charge is 2.07. The van der Waals surface area contributed by atoms with E-state index in [9.17, 15) is 0 Å². The van der Waals surface area contributed by atoms with Crippen LogP contribution in [0.5, 0.6) is 0 Å². The van der Waals surface area contributed by atoms with E-state index in [1.165, 1.54) is 38.6 Å². The smallest absolute Gasteiger partial charge is 0.165 e. The number of nitrogens with two attached hydrogens (primary N) is 2. The van der Waals surface area contributed by atoms with E-state index < -0.39 is 0 Å². The number of imidazole rings is 1. The highest BCUT2D eigenvalue weighted by atomic mass is 15.1. The Kier molecular flexibility index (Phi) is 5.09. The summed E-state index contributed by atoms with van der Waals surface area (Å²) in [4.78, 5) is 12.4. The minimum Gasteiger partial charge on any atom is -0.382 e. The molecule has 104 valence electrons. The number of quaternary nitrogens is 1. The Balaban J connectivity index is 1.77. The Labute approximate surface area is 113 Å². The van der Waals surface area contributed by atoms with Gasteiger partial charge in [0, 0.05) is 0 Å². The van der Waals surface area contributed by atoms with Gasteiger partial charge in [-0.1, -0.05) is 19.8 Å². The zero-order valence-electron chi connectivity index (χ0n) is 11.5. The first-order chi connectivity index (χ1) is 9.33. The molecule has 2 heterocycles. The van der Waals surface area contributed by atoms with Crippen molar-refractivity contribution >= 4 is 17.0 Å². The Bertz CT molecular complexity index is 507. The van der Waals surface area contributed by atoms with E-state index in [1.807, 2.05) is 4.57 Å². The first-order valence-corrected chi connectivity index (χ1v) is 7.06. The number of nitrogen functional groups attached to an aromatic ring is 1. The Morgan fingerprint density at radius 1 is 1.16 bits per heavy atom. The summed E-state index contributed by atoms with van der Waals surface area (Å²) in [5, 5.41) is 2.35. The molecule has 0 aliphatic rings. The second-order valence-corrected chi connectivity index (χ2v) is 4.80. The van der Waals surface area contributed by atoms with Gasteiger partial charge in [0.2, 0.25) is 0 Å². The van der Waals surface area contributed by atoms with E-state index >= 15 is 0 Å². The molecule has 0 aliphatic carbocycles. The predicted molar refractivity (Wildman–Crippen MR) is 75.5 cm³/mol. The second-order valence-electron chi connectivity index (χ2n) is 4.80. The third-order valence-electron chi connectivity index (χ3n) is 3.27. The lowest BCUT2D eigenvalue weighted by Crippen LogP contribution is -2.85. The van der Waals surface area contributed by atoms with Crippen LogP contribution in [0.15, 0.2) is 12.7 Å². The van der Waals surface area contributed by atoms with E-state index in [-0.39, 0.29) is 0 Å². The van der Waals surface area contributed by atoms with E-state index in [4.69, 9.17) is 5.73 Å². The third kappa shape index (κ3) is 3.64. The molecule has 0 radical (unpaired) electrons. The molecule has 6 nitrogen and oxygen atoms in total. The maximum atomic E-state index is 5.76. The van der Waals surface area contributed by atoms with Gasteiger partial charge in [0.05, 0.1) is 26.0 Å². The van der Waals surface area contributed by atoms with Gasteiger partial charge in [-0.3, -0.25) is 0 Å². The van der Waals surface area contributed by atoms with Crippen molar-refractivity contribution in [1.82, 2.24) is 19.5 Å². The molecule has 0 aromatic carbocycles. The van der Waals surface area contributed by atoms with Crippen LogP contribution in [0.2, 0.25) is 0 Å². The quantitative estimate of drug-likeness (QED) is 0.681. The fraction of sp³-hybridized carbons (Fsp3) is 0.615. The number of rotatable bonds is 8. The highest BCUT2D eigenvalue weighted by Crippen LogP contribution is 2.13. The molecule has 4 N–H and O–H groups in total. The SMILES string of the molecule is CCCCCC[NH2+]CCn1cnc2c(N)ncnc21. The van der Waals surface area contributed by atoms with E-state index in [0.717, 1.165) is 18.7 Å².